The maximum Gasteiger partial charge on any atom is 0.344 e. The highest BCUT2D eigenvalue weighted by molar-refractivity contribution is 6.30. The minimum atomic E-state index is -1.05. The van der Waals surface area contributed by atoms with Crippen LogP contribution in [0.25, 0.3) is 0 Å². The Morgan fingerprint density at radius 3 is 2.10 bits per heavy atom. The molecule has 206 valence electrons. The zero-order chi connectivity index (χ0) is 27.6. The van der Waals surface area contributed by atoms with Crippen molar-refractivity contribution in [3.05, 3.63) is 82.9 Å². The quantitative estimate of drug-likeness (QED) is 0.254. The zero-order valence-corrected chi connectivity index (χ0v) is 22.3. The zero-order valence-electron chi connectivity index (χ0n) is 21.6. The molecule has 1 aliphatic heterocycles. The molecule has 2 atom stereocenters. The number of ether oxygens (including phenoxy) is 2. The van der Waals surface area contributed by atoms with Crippen LogP contribution in [-0.2, 0) is 10.5 Å². The summed E-state index contributed by atoms with van der Waals surface area (Å²) in [5.74, 6) is -1.70. The summed E-state index contributed by atoms with van der Waals surface area (Å²) in [7, 11) is 0. The molecular weight excluding hydrogens is 526 g/mol. The molecule has 9 heteroatoms. The predicted octanol–water partition coefficient (Wildman–Crippen LogP) is 7.44. The molecule has 0 saturated heterocycles. The monoisotopic (exact) mass is 556 g/mol. The van der Waals surface area contributed by atoms with Crippen molar-refractivity contribution in [2.45, 2.75) is 50.8 Å². The topological polar surface area (TPSA) is 79.8 Å². The molecule has 1 heterocycles. The van der Waals surface area contributed by atoms with E-state index in [4.69, 9.17) is 26.2 Å². The molecule has 0 bridgehead atoms. The molecule has 2 aliphatic rings. The molecule has 0 radical (unpaired) electrons. The third-order valence-corrected chi connectivity index (χ3v) is 7.96. The van der Waals surface area contributed by atoms with Gasteiger partial charge in [-0.2, -0.15) is 0 Å². The Morgan fingerprint density at radius 2 is 1.54 bits per heavy atom. The van der Waals surface area contributed by atoms with Gasteiger partial charge in [0.2, 0.25) is 0 Å². The maximum atomic E-state index is 14.2. The van der Waals surface area contributed by atoms with E-state index in [1.807, 2.05) is 24.3 Å². The fourth-order valence-electron chi connectivity index (χ4n) is 5.67. The smallest absolute Gasteiger partial charge is 0.344 e. The van der Waals surface area contributed by atoms with Crippen LogP contribution in [0.15, 0.2) is 60.7 Å². The van der Waals surface area contributed by atoms with Gasteiger partial charge in [0.1, 0.15) is 17.2 Å². The third-order valence-electron chi connectivity index (χ3n) is 7.71. The number of aliphatic carboxylic acids is 1. The standard InChI is InChI=1S/C30H31ClF2N2O4/c1-18(29(36)37)39-23-13-11-22(12-14-23)38-17-24(19-5-3-2-4-6-19)30(20-7-9-21(31)10-8-20)34-27-15-25(32)26(33)16-28(27)35-30/h7-16,18-19,24,34-35H,2-6,17H2,1H3,(H,36,37). The van der Waals surface area contributed by atoms with E-state index < -0.39 is 29.4 Å². The first-order valence-electron chi connectivity index (χ1n) is 13.2. The largest absolute Gasteiger partial charge is 0.493 e. The Hall–Kier alpha value is -3.52. The van der Waals surface area contributed by atoms with Crippen molar-refractivity contribution in [3.63, 3.8) is 0 Å². The highest BCUT2D eigenvalue weighted by atomic mass is 35.5. The number of halogens is 3. The van der Waals surface area contributed by atoms with Crippen molar-refractivity contribution >= 4 is 28.9 Å². The number of carboxylic acid groups (broad SMARTS) is 1. The highest BCUT2D eigenvalue weighted by Crippen LogP contribution is 2.49. The Bertz CT molecular complexity index is 1280. The van der Waals surface area contributed by atoms with E-state index in [1.54, 1.807) is 24.3 Å². The summed E-state index contributed by atoms with van der Waals surface area (Å²) in [6, 6.07) is 16.7. The Morgan fingerprint density at radius 1 is 0.974 bits per heavy atom. The van der Waals surface area contributed by atoms with Crippen molar-refractivity contribution in [3.8, 4) is 11.5 Å². The van der Waals surface area contributed by atoms with Gasteiger partial charge >= 0.3 is 5.97 Å². The van der Waals surface area contributed by atoms with E-state index in [-0.39, 0.29) is 11.8 Å². The van der Waals surface area contributed by atoms with Gasteiger partial charge in [0, 0.05) is 23.1 Å². The Balaban J connectivity index is 1.47. The average molecular weight is 557 g/mol. The molecule has 1 aliphatic carbocycles. The summed E-state index contributed by atoms with van der Waals surface area (Å²) >= 11 is 6.22. The number of fused-ring (bicyclic) bond motifs is 1. The molecule has 39 heavy (non-hydrogen) atoms. The van der Waals surface area contributed by atoms with Crippen LogP contribution in [0.5, 0.6) is 11.5 Å². The van der Waals surface area contributed by atoms with E-state index >= 15 is 0 Å². The second-order valence-corrected chi connectivity index (χ2v) is 10.7. The summed E-state index contributed by atoms with van der Waals surface area (Å²) in [6.45, 7) is 1.78. The Kier molecular flexibility index (Phi) is 7.84. The van der Waals surface area contributed by atoms with Crippen molar-refractivity contribution in [1.82, 2.24) is 0 Å². The van der Waals surface area contributed by atoms with E-state index in [0.29, 0.717) is 34.5 Å². The molecule has 3 aromatic rings. The van der Waals surface area contributed by atoms with Crippen molar-refractivity contribution in [1.29, 1.82) is 0 Å². The molecule has 1 fully saturated rings. The van der Waals surface area contributed by atoms with Crippen molar-refractivity contribution < 1.29 is 28.2 Å². The lowest BCUT2D eigenvalue weighted by Crippen LogP contribution is -2.51. The third kappa shape index (κ3) is 5.76. The molecule has 0 aromatic heterocycles. The molecule has 0 amide bonds. The molecule has 1 saturated carbocycles. The van der Waals surface area contributed by atoms with Crippen LogP contribution in [0.1, 0.15) is 44.6 Å². The lowest BCUT2D eigenvalue weighted by Gasteiger charge is -2.44. The maximum absolute atomic E-state index is 14.2. The number of rotatable bonds is 9. The summed E-state index contributed by atoms with van der Waals surface area (Å²) in [5.41, 5.74) is 0.960. The highest BCUT2D eigenvalue weighted by Gasteiger charge is 2.49. The normalized spacial score (nSPS) is 17.8. The summed E-state index contributed by atoms with van der Waals surface area (Å²) in [5, 5.41) is 16.7. The molecule has 5 rings (SSSR count). The lowest BCUT2D eigenvalue weighted by atomic mass is 9.72. The van der Waals surface area contributed by atoms with Gasteiger partial charge in [0.25, 0.3) is 0 Å². The van der Waals surface area contributed by atoms with Gasteiger partial charge in [-0.15, -0.1) is 0 Å². The molecule has 3 N–H and O–H groups in total. The van der Waals surface area contributed by atoms with Gasteiger partial charge in [-0.3, -0.25) is 0 Å². The number of carboxylic acids is 1. The number of hydrogen-bond acceptors (Lipinski definition) is 5. The molecular formula is C30H31ClF2N2O4. The number of anilines is 2. The fourth-order valence-corrected chi connectivity index (χ4v) is 5.80. The molecule has 3 aromatic carbocycles. The van der Waals surface area contributed by atoms with Gasteiger partial charge in [-0.25, -0.2) is 13.6 Å². The second kappa shape index (κ2) is 11.3. The minimum absolute atomic E-state index is 0.125. The van der Waals surface area contributed by atoms with Gasteiger partial charge < -0.3 is 25.2 Å². The number of hydrogen-bond donors (Lipinski definition) is 3. The fraction of sp³-hybridized carbons (Fsp3) is 0.367. The summed E-state index contributed by atoms with van der Waals surface area (Å²) in [6.07, 6.45) is 4.41. The van der Waals surface area contributed by atoms with Crippen LogP contribution in [0.3, 0.4) is 0 Å². The van der Waals surface area contributed by atoms with Crippen LogP contribution >= 0.6 is 11.6 Å². The Labute approximate surface area is 231 Å². The first kappa shape index (κ1) is 27.1. The number of nitrogens with one attached hydrogen (secondary N) is 2. The minimum Gasteiger partial charge on any atom is -0.493 e. The van der Waals surface area contributed by atoms with Crippen LogP contribution in [-0.4, -0.2) is 23.8 Å². The molecule has 0 spiro atoms. The van der Waals surface area contributed by atoms with Crippen LogP contribution in [0, 0.1) is 23.5 Å². The first-order chi connectivity index (χ1) is 18.7. The number of benzene rings is 3. The summed E-state index contributed by atoms with van der Waals surface area (Å²) in [4.78, 5) is 11.1. The van der Waals surface area contributed by atoms with Crippen molar-refractivity contribution in [2.24, 2.45) is 11.8 Å². The molecule has 6 nitrogen and oxygen atoms in total. The SMILES string of the molecule is CC(Oc1ccc(OCC(C2CCCCC2)C2(c3ccc(Cl)cc3)Nc3cc(F)c(F)cc3N2)cc1)C(=O)O. The first-order valence-corrected chi connectivity index (χ1v) is 13.6. The van der Waals surface area contributed by atoms with Gasteiger partial charge in [0.05, 0.1) is 18.0 Å². The van der Waals surface area contributed by atoms with E-state index in [2.05, 4.69) is 10.6 Å². The van der Waals surface area contributed by atoms with Crippen LogP contribution in [0.4, 0.5) is 20.2 Å². The van der Waals surface area contributed by atoms with E-state index in [1.165, 1.54) is 25.5 Å². The second-order valence-electron chi connectivity index (χ2n) is 10.3. The van der Waals surface area contributed by atoms with Crippen molar-refractivity contribution in [2.75, 3.05) is 17.2 Å². The van der Waals surface area contributed by atoms with Gasteiger partial charge in [0.15, 0.2) is 17.7 Å². The van der Waals surface area contributed by atoms with E-state index in [9.17, 15) is 13.6 Å². The van der Waals surface area contributed by atoms with Crippen LogP contribution in [0.2, 0.25) is 5.02 Å². The average Bonchev–Trinajstić information content (AvgIpc) is 3.29. The van der Waals surface area contributed by atoms with Gasteiger partial charge in [-0.05, 0) is 67.6 Å². The molecule has 2 unspecified atom stereocenters. The summed E-state index contributed by atoms with van der Waals surface area (Å²) < 4.78 is 40.2. The van der Waals surface area contributed by atoms with Gasteiger partial charge in [-0.1, -0.05) is 43.0 Å². The van der Waals surface area contributed by atoms with Crippen LogP contribution < -0.4 is 20.1 Å². The predicted molar refractivity (Wildman–Crippen MR) is 146 cm³/mol. The van der Waals surface area contributed by atoms with E-state index in [0.717, 1.165) is 31.2 Å². The lowest BCUT2D eigenvalue weighted by molar-refractivity contribution is -0.144. The number of carbonyl (C=O) groups is 1.